The minimum atomic E-state index is 0. The normalized spacial score (nSPS) is 18.2. The number of piperidine rings is 1. The Kier molecular flexibility index (Phi) is 4.18. The number of halogens is 1. The lowest BCUT2D eigenvalue weighted by atomic mass is 9.94. The van der Waals surface area contributed by atoms with Crippen molar-refractivity contribution < 1.29 is 4.52 Å². The summed E-state index contributed by atoms with van der Waals surface area (Å²) in [6.07, 6.45) is 4.83. The average molecular weight is 204 g/mol. The number of nitrogens with zero attached hydrogens (tertiary/aromatic N) is 2. The zero-order valence-electron chi connectivity index (χ0n) is 7.40. The first kappa shape index (κ1) is 10.5. The molecule has 2 heterocycles. The van der Waals surface area contributed by atoms with Crippen LogP contribution in [0.15, 0.2) is 10.9 Å². The van der Waals surface area contributed by atoms with Gasteiger partial charge < -0.3 is 9.84 Å². The molecular formula is C8H14ClN3O. The summed E-state index contributed by atoms with van der Waals surface area (Å²) in [5, 5.41) is 7.13. The van der Waals surface area contributed by atoms with Gasteiger partial charge in [0.15, 0.2) is 5.82 Å². The van der Waals surface area contributed by atoms with Crippen molar-refractivity contribution in [1.29, 1.82) is 0 Å². The lowest BCUT2D eigenvalue weighted by molar-refractivity contribution is 0.355. The van der Waals surface area contributed by atoms with Gasteiger partial charge in [-0.05, 0) is 31.8 Å². The van der Waals surface area contributed by atoms with Gasteiger partial charge in [-0.2, -0.15) is 4.98 Å². The number of rotatable bonds is 2. The molecule has 0 atom stereocenters. The SMILES string of the molecule is Cl.c1nc(CC2CCNCC2)no1. The third-order valence-electron chi connectivity index (χ3n) is 2.34. The van der Waals surface area contributed by atoms with E-state index in [0.717, 1.165) is 31.3 Å². The van der Waals surface area contributed by atoms with Crippen LogP contribution in [0.25, 0.3) is 0 Å². The van der Waals surface area contributed by atoms with Crippen LogP contribution in [0.4, 0.5) is 0 Å². The topological polar surface area (TPSA) is 51.0 Å². The van der Waals surface area contributed by atoms with Crippen LogP contribution < -0.4 is 5.32 Å². The lowest BCUT2D eigenvalue weighted by Crippen LogP contribution is -2.28. The molecule has 74 valence electrons. The van der Waals surface area contributed by atoms with Gasteiger partial charge in [0, 0.05) is 6.42 Å². The largest absolute Gasteiger partial charge is 0.343 e. The van der Waals surface area contributed by atoms with Gasteiger partial charge in [0.05, 0.1) is 0 Å². The summed E-state index contributed by atoms with van der Waals surface area (Å²) in [4.78, 5) is 4.01. The molecule has 1 saturated heterocycles. The monoisotopic (exact) mass is 203 g/mol. The zero-order valence-corrected chi connectivity index (χ0v) is 8.22. The second-order valence-electron chi connectivity index (χ2n) is 3.24. The van der Waals surface area contributed by atoms with E-state index in [1.165, 1.54) is 19.2 Å². The molecular weight excluding hydrogens is 190 g/mol. The van der Waals surface area contributed by atoms with Crippen LogP contribution in [0.5, 0.6) is 0 Å². The average Bonchev–Trinajstić information content (AvgIpc) is 2.59. The van der Waals surface area contributed by atoms with Gasteiger partial charge in [-0.15, -0.1) is 12.4 Å². The van der Waals surface area contributed by atoms with Crippen molar-refractivity contribution in [3.63, 3.8) is 0 Å². The molecule has 1 fully saturated rings. The van der Waals surface area contributed by atoms with E-state index in [4.69, 9.17) is 0 Å². The Morgan fingerprint density at radius 2 is 2.23 bits per heavy atom. The van der Waals surface area contributed by atoms with Crippen molar-refractivity contribution >= 4 is 12.4 Å². The highest BCUT2D eigenvalue weighted by Crippen LogP contribution is 2.15. The molecule has 0 bridgehead atoms. The van der Waals surface area contributed by atoms with E-state index in [2.05, 4.69) is 20.0 Å². The summed E-state index contributed by atoms with van der Waals surface area (Å²) >= 11 is 0. The van der Waals surface area contributed by atoms with Crippen molar-refractivity contribution in [3.8, 4) is 0 Å². The highest BCUT2D eigenvalue weighted by molar-refractivity contribution is 5.85. The molecule has 0 radical (unpaired) electrons. The third kappa shape index (κ3) is 2.97. The summed E-state index contributed by atoms with van der Waals surface area (Å²) in [7, 11) is 0. The molecule has 1 aliphatic rings. The van der Waals surface area contributed by atoms with Crippen LogP contribution in [-0.2, 0) is 6.42 Å². The Morgan fingerprint density at radius 1 is 1.46 bits per heavy atom. The summed E-state index contributed by atoms with van der Waals surface area (Å²) in [5.74, 6) is 1.59. The van der Waals surface area contributed by atoms with Crippen LogP contribution in [-0.4, -0.2) is 23.2 Å². The molecule has 0 unspecified atom stereocenters. The van der Waals surface area contributed by atoms with Crippen LogP contribution in [0.3, 0.4) is 0 Å². The first-order chi connectivity index (χ1) is 5.95. The third-order valence-corrected chi connectivity index (χ3v) is 2.34. The molecule has 0 amide bonds. The molecule has 1 aliphatic heterocycles. The molecule has 0 saturated carbocycles. The molecule has 13 heavy (non-hydrogen) atoms. The lowest BCUT2D eigenvalue weighted by Gasteiger charge is -2.20. The van der Waals surface area contributed by atoms with Crippen LogP contribution in [0, 0.1) is 5.92 Å². The molecule has 2 rings (SSSR count). The van der Waals surface area contributed by atoms with E-state index >= 15 is 0 Å². The summed E-state index contributed by atoms with van der Waals surface area (Å²) in [5.41, 5.74) is 0. The number of hydrogen-bond donors (Lipinski definition) is 1. The predicted molar refractivity (Wildman–Crippen MR) is 50.8 cm³/mol. The molecule has 0 aliphatic carbocycles. The van der Waals surface area contributed by atoms with Gasteiger partial charge >= 0.3 is 0 Å². The second-order valence-corrected chi connectivity index (χ2v) is 3.24. The maximum absolute atomic E-state index is 4.68. The van der Waals surface area contributed by atoms with E-state index in [9.17, 15) is 0 Å². The van der Waals surface area contributed by atoms with E-state index < -0.39 is 0 Å². The molecule has 4 nitrogen and oxygen atoms in total. The standard InChI is InChI=1S/C8H13N3O.ClH/c1-3-9-4-2-7(1)5-8-10-6-12-11-8;/h6-7,9H,1-5H2;1H. The first-order valence-electron chi connectivity index (χ1n) is 4.41. The van der Waals surface area contributed by atoms with Gasteiger partial charge in [0.2, 0.25) is 6.39 Å². The fourth-order valence-corrected chi connectivity index (χ4v) is 1.63. The fraction of sp³-hybridized carbons (Fsp3) is 0.750. The van der Waals surface area contributed by atoms with Crippen LogP contribution >= 0.6 is 12.4 Å². The molecule has 1 aromatic heterocycles. The summed E-state index contributed by atoms with van der Waals surface area (Å²) < 4.78 is 4.68. The Hall–Kier alpha value is -0.610. The number of nitrogens with one attached hydrogen (secondary N) is 1. The van der Waals surface area contributed by atoms with Crippen LogP contribution in [0.2, 0.25) is 0 Å². The Bertz CT molecular complexity index is 221. The van der Waals surface area contributed by atoms with Crippen molar-refractivity contribution in [1.82, 2.24) is 15.5 Å². The van der Waals surface area contributed by atoms with E-state index in [-0.39, 0.29) is 12.4 Å². The van der Waals surface area contributed by atoms with Crippen LogP contribution in [0.1, 0.15) is 18.7 Å². The van der Waals surface area contributed by atoms with Gasteiger partial charge in [0.1, 0.15) is 0 Å². The number of hydrogen-bond acceptors (Lipinski definition) is 4. The minimum Gasteiger partial charge on any atom is -0.343 e. The molecule has 1 N–H and O–H groups in total. The van der Waals surface area contributed by atoms with E-state index in [0.29, 0.717) is 0 Å². The Labute approximate surface area is 83.5 Å². The van der Waals surface area contributed by atoms with Gasteiger partial charge in [-0.1, -0.05) is 5.16 Å². The van der Waals surface area contributed by atoms with Crippen molar-refractivity contribution in [2.45, 2.75) is 19.3 Å². The fourth-order valence-electron chi connectivity index (χ4n) is 1.63. The summed E-state index contributed by atoms with van der Waals surface area (Å²) in [6, 6.07) is 0. The van der Waals surface area contributed by atoms with Crippen molar-refractivity contribution in [3.05, 3.63) is 12.2 Å². The Morgan fingerprint density at radius 3 is 2.85 bits per heavy atom. The quantitative estimate of drug-likeness (QED) is 0.780. The van der Waals surface area contributed by atoms with E-state index in [1.807, 2.05) is 0 Å². The molecule has 1 aromatic rings. The second kappa shape index (κ2) is 5.19. The molecule has 0 aromatic carbocycles. The van der Waals surface area contributed by atoms with Gasteiger partial charge in [-0.25, -0.2) is 0 Å². The van der Waals surface area contributed by atoms with E-state index in [1.54, 1.807) is 0 Å². The predicted octanol–water partition coefficient (Wildman–Crippen LogP) is 1.03. The maximum atomic E-state index is 4.68. The first-order valence-corrected chi connectivity index (χ1v) is 4.41. The van der Waals surface area contributed by atoms with Crippen molar-refractivity contribution in [2.75, 3.05) is 13.1 Å². The van der Waals surface area contributed by atoms with Crippen molar-refractivity contribution in [2.24, 2.45) is 5.92 Å². The minimum absolute atomic E-state index is 0. The number of aromatic nitrogens is 2. The Balaban J connectivity index is 0.000000845. The highest BCUT2D eigenvalue weighted by atomic mass is 35.5. The maximum Gasteiger partial charge on any atom is 0.213 e. The zero-order chi connectivity index (χ0) is 8.23. The summed E-state index contributed by atoms with van der Waals surface area (Å²) in [6.45, 7) is 2.25. The van der Waals surface area contributed by atoms with Gasteiger partial charge in [0.25, 0.3) is 0 Å². The van der Waals surface area contributed by atoms with Gasteiger partial charge in [-0.3, -0.25) is 0 Å². The molecule has 5 heteroatoms. The molecule has 0 spiro atoms. The smallest absolute Gasteiger partial charge is 0.213 e. The highest BCUT2D eigenvalue weighted by Gasteiger charge is 2.15.